The molecule has 8 nitrogen and oxygen atoms in total. The van der Waals surface area contributed by atoms with E-state index in [1.165, 1.54) is 37.3 Å². The SMILES string of the molecule is Cc1cccc(C(=O)O[C@@H](C)C(=O)Nc2ccc(S(N)(=O)=O)cc2)c1N. The number of nitrogens with two attached hydrogens (primary N) is 2. The van der Waals surface area contributed by atoms with Gasteiger partial charge >= 0.3 is 5.97 Å². The van der Waals surface area contributed by atoms with E-state index in [0.29, 0.717) is 11.4 Å². The number of benzene rings is 2. The van der Waals surface area contributed by atoms with Crippen LogP contribution < -0.4 is 16.2 Å². The summed E-state index contributed by atoms with van der Waals surface area (Å²) in [6, 6.07) is 10.2. The second kappa shape index (κ2) is 7.54. The number of primary sulfonamides is 1. The van der Waals surface area contributed by atoms with Gasteiger partial charge in [-0.3, -0.25) is 4.79 Å². The Labute approximate surface area is 151 Å². The van der Waals surface area contributed by atoms with Gasteiger partial charge in [0, 0.05) is 11.4 Å². The van der Waals surface area contributed by atoms with Gasteiger partial charge in [-0.1, -0.05) is 12.1 Å². The minimum atomic E-state index is -3.81. The van der Waals surface area contributed by atoms with Gasteiger partial charge in [-0.25, -0.2) is 18.4 Å². The van der Waals surface area contributed by atoms with Gasteiger partial charge in [0.05, 0.1) is 10.5 Å². The van der Waals surface area contributed by atoms with Gasteiger partial charge in [-0.15, -0.1) is 0 Å². The number of carbonyl (C=O) groups is 2. The third kappa shape index (κ3) is 4.58. The first-order valence-electron chi connectivity index (χ1n) is 7.59. The lowest BCUT2D eigenvalue weighted by Gasteiger charge is -2.15. The minimum absolute atomic E-state index is 0.0788. The van der Waals surface area contributed by atoms with Crippen LogP contribution in [0.2, 0.25) is 0 Å². The Morgan fingerprint density at radius 1 is 1.12 bits per heavy atom. The molecule has 0 aliphatic heterocycles. The molecule has 1 atom stereocenters. The molecule has 2 aromatic carbocycles. The zero-order valence-corrected chi connectivity index (χ0v) is 15.0. The van der Waals surface area contributed by atoms with Crippen LogP contribution in [0.25, 0.3) is 0 Å². The van der Waals surface area contributed by atoms with Crippen molar-refractivity contribution in [1.29, 1.82) is 0 Å². The zero-order chi connectivity index (χ0) is 19.5. The van der Waals surface area contributed by atoms with Gasteiger partial charge in [-0.2, -0.15) is 0 Å². The lowest BCUT2D eigenvalue weighted by molar-refractivity contribution is -0.123. The molecule has 2 rings (SSSR count). The number of anilines is 2. The van der Waals surface area contributed by atoms with Crippen molar-refractivity contribution >= 4 is 33.3 Å². The molecular formula is C17H19N3O5S. The fraction of sp³-hybridized carbons (Fsp3) is 0.176. The van der Waals surface area contributed by atoms with E-state index in [4.69, 9.17) is 15.6 Å². The summed E-state index contributed by atoms with van der Waals surface area (Å²) in [5.74, 6) is -1.29. The highest BCUT2D eigenvalue weighted by molar-refractivity contribution is 7.89. The number of para-hydroxylation sites is 1. The fourth-order valence-corrected chi connectivity index (χ4v) is 2.62. The van der Waals surface area contributed by atoms with E-state index in [9.17, 15) is 18.0 Å². The molecule has 9 heteroatoms. The first-order valence-corrected chi connectivity index (χ1v) is 9.14. The van der Waals surface area contributed by atoms with Crippen LogP contribution in [0.5, 0.6) is 0 Å². The molecule has 2 aromatic rings. The predicted octanol–water partition coefficient (Wildman–Crippen LogP) is 1.41. The number of nitrogens with one attached hydrogen (secondary N) is 1. The van der Waals surface area contributed by atoms with Gasteiger partial charge in [0.2, 0.25) is 10.0 Å². The number of esters is 1. The van der Waals surface area contributed by atoms with Crippen molar-refractivity contribution in [3.8, 4) is 0 Å². The third-order valence-electron chi connectivity index (χ3n) is 3.65. The average molecular weight is 377 g/mol. The van der Waals surface area contributed by atoms with Crippen molar-refractivity contribution < 1.29 is 22.7 Å². The Kier molecular flexibility index (Phi) is 5.63. The first-order chi connectivity index (χ1) is 12.1. The highest BCUT2D eigenvalue weighted by Crippen LogP contribution is 2.18. The maximum Gasteiger partial charge on any atom is 0.341 e. The Bertz CT molecular complexity index is 939. The average Bonchev–Trinajstić information content (AvgIpc) is 2.56. The van der Waals surface area contributed by atoms with Gasteiger partial charge in [0.15, 0.2) is 6.10 Å². The summed E-state index contributed by atoms with van der Waals surface area (Å²) in [6.45, 7) is 3.17. The van der Waals surface area contributed by atoms with Gasteiger partial charge in [0.25, 0.3) is 5.91 Å². The van der Waals surface area contributed by atoms with Crippen LogP contribution in [0.15, 0.2) is 47.4 Å². The third-order valence-corrected chi connectivity index (χ3v) is 4.58. The largest absolute Gasteiger partial charge is 0.449 e. The van der Waals surface area contributed by atoms with Gasteiger partial charge < -0.3 is 15.8 Å². The van der Waals surface area contributed by atoms with Crippen molar-refractivity contribution in [1.82, 2.24) is 0 Å². The zero-order valence-electron chi connectivity index (χ0n) is 14.2. The summed E-state index contributed by atoms with van der Waals surface area (Å²) in [5.41, 5.74) is 7.39. The number of ether oxygens (including phenoxy) is 1. The lowest BCUT2D eigenvalue weighted by atomic mass is 10.1. The summed E-state index contributed by atoms with van der Waals surface area (Å²) < 4.78 is 27.5. The molecule has 138 valence electrons. The Balaban J connectivity index is 2.03. The van der Waals surface area contributed by atoms with Crippen molar-refractivity contribution in [3.05, 3.63) is 53.6 Å². The molecule has 0 spiro atoms. The molecule has 0 saturated heterocycles. The van der Waals surface area contributed by atoms with Crippen LogP contribution in [-0.4, -0.2) is 26.4 Å². The summed E-state index contributed by atoms with van der Waals surface area (Å²) in [6.07, 6.45) is -1.08. The standard InChI is InChI=1S/C17H19N3O5S/c1-10-4-3-5-14(15(10)18)17(22)25-11(2)16(21)20-12-6-8-13(9-7-12)26(19,23)24/h3-9,11H,18H2,1-2H3,(H,20,21)(H2,19,23,24)/t11-/m0/s1. The van der Waals surface area contributed by atoms with E-state index in [2.05, 4.69) is 5.32 Å². The Morgan fingerprint density at radius 3 is 2.31 bits per heavy atom. The lowest BCUT2D eigenvalue weighted by Crippen LogP contribution is -2.30. The molecule has 0 unspecified atom stereocenters. The Morgan fingerprint density at radius 2 is 1.73 bits per heavy atom. The normalized spacial score (nSPS) is 12.3. The molecule has 0 aromatic heterocycles. The highest BCUT2D eigenvalue weighted by atomic mass is 32.2. The molecule has 0 aliphatic carbocycles. The van der Waals surface area contributed by atoms with Gasteiger partial charge in [0.1, 0.15) is 0 Å². The molecule has 5 N–H and O–H groups in total. The molecular weight excluding hydrogens is 358 g/mol. The monoisotopic (exact) mass is 377 g/mol. The van der Waals surface area contributed by atoms with E-state index in [1.54, 1.807) is 19.1 Å². The van der Waals surface area contributed by atoms with Crippen LogP contribution in [0.4, 0.5) is 11.4 Å². The van der Waals surface area contributed by atoms with Crippen molar-refractivity contribution in [2.45, 2.75) is 24.8 Å². The summed E-state index contributed by atoms with van der Waals surface area (Å²) >= 11 is 0. The molecule has 0 saturated carbocycles. The van der Waals surface area contributed by atoms with E-state index in [1.807, 2.05) is 0 Å². The Hall–Kier alpha value is -2.91. The number of nitrogen functional groups attached to an aromatic ring is 1. The van der Waals surface area contributed by atoms with Crippen LogP contribution in [-0.2, 0) is 19.6 Å². The van der Waals surface area contributed by atoms with Crippen molar-refractivity contribution in [2.75, 3.05) is 11.1 Å². The van der Waals surface area contributed by atoms with Crippen LogP contribution in [0.3, 0.4) is 0 Å². The fourth-order valence-electron chi connectivity index (χ4n) is 2.11. The summed E-state index contributed by atoms with van der Waals surface area (Å²) in [7, 11) is -3.81. The summed E-state index contributed by atoms with van der Waals surface area (Å²) in [4.78, 5) is 24.2. The molecule has 0 bridgehead atoms. The molecule has 0 radical (unpaired) electrons. The second-order valence-electron chi connectivity index (χ2n) is 5.64. The number of amides is 1. The van der Waals surface area contributed by atoms with Crippen LogP contribution >= 0.6 is 0 Å². The van der Waals surface area contributed by atoms with E-state index in [0.717, 1.165) is 5.56 Å². The maximum absolute atomic E-state index is 12.2. The van der Waals surface area contributed by atoms with E-state index < -0.39 is 28.0 Å². The topological polar surface area (TPSA) is 142 Å². The number of sulfonamides is 1. The first kappa shape index (κ1) is 19.4. The molecule has 0 fully saturated rings. The van der Waals surface area contributed by atoms with E-state index in [-0.39, 0.29) is 10.5 Å². The number of rotatable bonds is 5. The quantitative estimate of drug-likeness (QED) is 0.531. The van der Waals surface area contributed by atoms with Crippen LogP contribution in [0.1, 0.15) is 22.8 Å². The van der Waals surface area contributed by atoms with Crippen molar-refractivity contribution in [2.24, 2.45) is 5.14 Å². The predicted molar refractivity (Wildman–Crippen MR) is 96.9 cm³/mol. The number of hydrogen-bond donors (Lipinski definition) is 3. The smallest absolute Gasteiger partial charge is 0.341 e. The second-order valence-corrected chi connectivity index (χ2v) is 7.20. The van der Waals surface area contributed by atoms with Crippen LogP contribution in [0, 0.1) is 6.92 Å². The van der Waals surface area contributed by atoms with Gasteiger partial charge in [-0.05, 0) is 49.7 Å². The van der Waals surface area contributed by atoms with E-state index >= 15 is 0 Å². The molecule has 26 heavy (non-hydrogen) atoms. The minimum Gasteiger partial charge on any atom is -0.449 e. The molecule has 1 amide bonds. The maximum atomic E-state index is 12.2. The molecule has 0 heterocycles. The molecule has 0 aliphatic rings. The highest BCUT2D eigenvalue weighted by Gasteiger charge is 2.21. The summed E-state index contributed by atoms with van der Waals surface area (Å²) in [5, 5.41) is 7.53. The number of aryl methyl sites for hydroxylation is 1. The number of hydrogen-bond acceptors (Lipinski definition) is 6. The number of carbonyl (C=O) groups excluding carboxylic acids is 2. The van der Waals surface area contributed by atoms with Crippen molar-refractivity contribution in [3.63, 3.8) is 0 Å².